The van der Waals surface area contributed by atoms with Crippen LogP contribution < -0.4 is 9.62 Å². The highest BCUT2D eigenvalue weighted by molar-refractivity contribution is 7.92. The first kappa shape index (κ1) is 31.1. The van der Waals surface area contributed by atoms with E-state index in [0.717, 1.165) is 21.0 Å². The zero-order chi connectivity index (χ0) is 30.3. The Morgan fingerprint density at radius 1 is 0.810 bits per heavy atom. The Balaban J connectivity index is 1.80. The van der Waals surface area contributed by atoms with Gasteiger partial charge in [0.1, 0.15) is 12.6 Å². The van der Waals surface area contributed by atoms with Crippen molar-refractivity contribution in [1.29, 1.82) is 0 Å². The molecule has 1 unspecified atom stereocenters. The topological polar surface area (TPSA) is 86.8 Å². The van der Waals surface area contributed by atoms with Crippen LogP contribution in [-0.4, -0.2) is 44.8 Å². The third kappa shape index (κ3) is 7.50. The normalized spacial score (nSPS) is 11.9. The molecule has 218 valence electrons. The quantitative estimate of drug-likeness (QED) is 0.226. The minimum absolute atomic E-state index is 0.00115. The standard InChI is InChI=1S/C32H31Cl2N3O4S/c1-23-10-9-13-25(18-23)21-36(30(32(39)35-2)19-24-11-5-3-6-12-24)31(38)22-37(26-16-17-28(33)29(34)20-26)42(40,41)27-14-7-4-8-15-27/h3-18,20,30H,19,21-22H2,1-2H3,(H,35,39). The molecule has 0 saturated heterocycles. The Morgan fingerprint density at radius 2 is 1.45 bits per heavy atom. The molecule has 0 spiro atoms. The third-order valence-electron chi connectivity index (χ3n) is 6.75. The van der Waals surface area contributed by atoms with Crippen LogP contribution in [-0.2, 0) is 32.6 Å². The smallest absolute Gasteiger partial charge is 0.264 e. The minimum Gasteiger partial charge on any atom is -0.357 e. The van der Waals surface area contributed by atoms with E-state index in [9.17, 15) is 18.0 Å². The van der Waals surface area contributed by atoms with Gasteiger partial charge in [0.15, 0.2) is 0 Å². The lowest BCUT2D eigenvalue weighted by atomic mass is 10.0. The van der Waals surface area contributed by atoms with E-state index in [-0.39, 0.29) is 39.5 Å². The van der Waals surface area contributed by atoms with Crippen molar-refractivity contribution in [3.05, 3.63) is 130 Å². The molecule has 2 amide bonds. The number of benzene rings is 4. The van der Waals surface area contributed by atoms with Gasteiger partial charge in [0.25, 0.3) is 10.0 Å². The fourth-order valence-corrected chi connectivity index (χ4v) is 6.34. The summed E-state index contributed by atoms with van der Waals surface area (Å²) in [5.41, 5.74) is 2.81. The molecular formula is C32H31Cl2N3O4S. The fraction of sp³-hybridized carbons (Fsp3) is 0.188. The zero-order valence-corrected chi connectivity index (χ0v) is 25.5. The van der Waals surface area contributed by atoms with Crippen LogP contribution in [0.1, 0.15) is 16.7 Å². The number of likely N-dealkylation sites (N-methyl/N-ethyl adjacent to an activating group) is 1. The highest BCUT2D eigenvalue weighted by atomic mass is 35.5. The Kier molecular flexibility index (Phi) is 10.3. The first-order valence-electron chi connectivity index (χ1n) is 13.2. The predicted octanol–water partition coefficient (Wildman–Crippen LogP) is 5.88. The Labute approximate surface area is 256 Å². The van der Waals surface area contributed by atoms with Gasteiger partial charge in [0.05, 0.1) is 20.6 Å². The number of anilines is 1. The zero-order valence-electron chi connectivity index (χ0n) is 23.2. The van der Waals surface area contributed by atoms with Crippen molar-refractivity contribution in [3.63, 3.8) is 0 Å². The van der Waals surface area contributed by atoms with Crippen LogP contribution >= 0.6 is 23.2 Å². The van der Waals surface area contributed by atoms with Crippen molar-refractivity contribution in [2.24, 2.45) is 0 Å². The average Bonchev–Trinajstić information content (AvgIpc) is 2.99. The maximum absolute atomic E-state index is 14.3. The second-order valence-corrected chi connectivity index (χ2v) is 12.4. The van der Waals surface area contributed by atoms with Gasteiger partial charge in [-0.2, -0.15) is 0 Å². The molecule has 1 N–H and O–H groups in total. The van der Waals surface area contributed by atoms with E-state index < -0.39 is 28.5 Å². The molecule has 0 fully saturated rings. The summed E-state index contributed by atoms with van der Waals surface area (Å²) in [6.07, 6.45) is 0.232. The summed E-state index contributed by atoms with van der Waals surface area (Å²) in [4.78, 5) is 29.0. The summed E-state index contributed by atoms with van der Waals surface area (Å²) in [6, 6.07) is 28.3. The number of aryl methyl sites for hydroxylation is 1. The monoisotopic (exact) mass is 623 g/mol. The molecule has 0 bridgehead atoms. The number of carbonyl (C=O) groups excluding carboxylic acids is 2. The molecule has 4 rings (SSSR count). The van der Waals surface area contributed by atoms with Crippen molar-refractivity contribution < 1.29 is 18.0 Å². The molecule has 0 aliphatic rings. The predicted molar refractivity (Wildman–Crippen MR) is 167 cm³/mol. The van der Waals surface area contributed by atoms with Crippen LogP contribution in [0.2, 0.25) is 10.0 Å². The van der Waals surface area contributed by atoms with Crippen LogP contribution in [0.25, 0.3) is 0 Å². The number of hydrogen-bond donors (Lipinski definition) is 1. The van der Waals surface area contributed by atoms with E-state index in [0.29, 0.717) is 0 Å². The number of nitrogens with one attached hydrogen (secondary N) is 1. The van der Waals surface area contributed by atoms with Gasteiger partial charge in [0.2, 0.25) is 11.8 Å². The van der Waals surface area contributed by atoms with Crippen molar-refractivity contribution in [1.82, 2.24) is 10.2 Å². The maximum atomic E-state index is 14.3. The van der Waals surface area contributed by atoms with Gasteiger partial charge >= 0.3 is 0 Å². The molecule has 10 heteroatoms. The highest BCUT2D eigenvalue weighted by Gasteiger charge is 2.34. The van der Waals surface area contributed by atoms with E-state index in [2.05, 4.69) is 5.32 Å². The van der Waals surface area contributed by atoms with Crippen LogP contribution in [0.15, 0.2) is 108 Å². The van der Waals surface area contributed by atoms with Crippen molar-refractivity contribution >= 4 is 50.7 Å². The molecule has 0 heterocycles. The lowest BCUT2D eigenvalue weighted by molar-refractivity contribution is -0.139. The molecule has 4 aromatic carbocycles. The van der Waals surface area contributed by atoms with Gasteiger partial charge in [-0.25, -0.2) is 8.42 Å². The molecule has 0 aromatic heterocycles. The average molecular weight is 625 g/mol. The van der Waals surface area contributed by atoms with Crippen LogP contribution in [0.3, 0.4) is 0 Å². The summed E-state index contributed by atoms with van der Waals surface area (Å²) >= 11 is 12.4. The largest absolute Gasteiger partial charge is 0.357 e. The summed E-state index contributed by atoms with van der Waals surface area (Å²) in [6.45, 7) is 1.45. The van der Waals surface area contributed by atoms with Crippen molar-refractivity contribution in [2.75, 3.05) is 17.9 Å². The first-order chi connectivity index (χ1) is 20.1. The second-order valence-electron chi connectivity index (χ2n) is 9.75. The van der Waals surface area contributed by atoms with Crippen LogP contribution in [0, 0.1) is 6.92 Å². The number of nitrogens with zero attached hydrogens (tertiary/aromatic N) is 2. The molecule has 0 aliphatic carbocycles. The number of halogens is 2. The number of rotatable bonds is 11. The van der Waals surface area contributed by atoms with Crippen molar-refractivity contribution in [3.8, 4) is 0 Å². The molecule has 42 heavy (non-hydrogen) atoms. The highest BCUT2D eigenvalue weighted by Crippen LogP contribution is 2.31. The van der Waals surface area contributed by atoms with E-state index in [1.807, 2.05) is 61.5 Å². The Morgan fingerprint density at radius 3 is 2.07 bits per heavy atom. The minimum atomic E-state index is -4.22. The van der Waals surface area contributed by atoms with Gasteiger partial charge in [-0.15, -0.1) is 0 Å². The molecule has 4 aromatic rings. The molecule has 0 aliphatic heterocycles. The Bertz CT molecular complexity index is 1650. The molecule has 7 nitrogen and oxygen atoms in total. The van der Waals surface area contributed by atoms with E-state index in [1.165, 1.54) is 42.3 Å². The Hall–Kier alpha value is -3.85. The SMILES string of the molecule is CNC(=O)C(Cc1ccccc1)N(Cc1cccc(C)c1)C(=O)CN(c1ccc(Cl)c(Cl)c1)S(=O)(=O)c1ccccc1. The van der Waals surface area contributed by atoms with Crippen LogP contribution in [0.5, 0.6) is 0 Å². The van der Waals surface area contributed by atoms with Crippen molar-refractivity contribution in [2.45, 2.75) is 30.8 Å². The first-order valence-corrected chi connectivity index (χ1v) is 15.4. The number of hydrogen-bond acceptors (Lipinski definition) is 4. The van der Waals surface area contributed by atoms with E-state index in [4.69, 9.17) is 23.2 Å². The summed E-state index contributed by atoms with van der Waals surface area (Å²) in [5, 5.41) is 3.06. The summed E-state index contributed by atoms with van der Waals surface area (Å²) < 4.78 is 28.9. The molecule has 0 saturated carbocycles. The molecular weight excluding hydrogens is 593 g/mol. The van der Waals surface area contributed by atoms with E-state index in [1.54, 1.807) is 18.2 Å². The number of sulfonamides is 1. The van der Waals surface area contributed by atoms with E-state index >= 15 is 0 Å². The van der Waals surface area contributed by atoms with Gasteiger partial charge in [0, 0.05) is 20.0 Å². The van der Waals surface area contributed by atoms with Crippen LogP contribution in [0.4, 0.5) is 5.69 Å². The third-order valence-corrected chi connectivity index (χ3v) is 9.28. The van der Waals surface area contributed by atoms with Gasteiger partial charge in [-0.1, -0.05) is 102 Å². The summed E-state index contributed by atoms with van der Waals surface area (Å²) in [7, 11) is -2.71. The lowest BCUT2D eigenvalue weighted by Gasteiger charge is -2.33. The molecule has 1 atom stereocenters. The van der Waals surface area contributed by atoms with Gasteiger partial charge in [-0.05, 0) is 48.4 Å². The lowest BCUT2D eigenvalue weighted by Crippen LogP contribution is -2.53. The molecule has 0 radical (unpaired) electrons. The maximum Gasteiger partial charge on any atom is 0.264 e. The fourth-order valence-electron chi connectivity index (χ4n) is 4.62. The number of carbonyl (C=O) groups is 2. The summed E-state index contributed by atoms with van der Waals surface area (Å²) in [5.74, 6) is -0.932. The van der Waals surface area contributed by atoms with Gasteiger partial charge < -0.3 is 10.2 Å². The second kappa shape index (κ2) is 13.9. The van der Waals surface area contributed by atoms with Gasteiger partial charge in [-0.3, -0.25) is 13.9 Å². The number of amides is 2.